The van der Waals surface area contributed by atoms with Crippen molar-refractivity contribution < 1.29 is 0 Å². The number of aromatic nitrogens is 6. The van der Waals surface area contributed by atoms with Crippen LogP contribution in [-0.4, -0.2) is 29.9 Å². The first-order valence-corrected chi connectivity index (χ1v) is 9.76. The number of benzene rings is 2. The molecule has 6 rings (SSSR count). The fourth-order valence-corrected chi connectivity index (χ4v) is 4.03. The van der Waals surface area contributed by atoms with E-state index in [1.54, 1.807) is 6.20 Å². The van der Waals surface area contributed by atoms with E-state index in [0.29, 0.717) is 0 Å². The number of nitrogens with one attached hydrogen (secondary N) is 2. The maximum absolute atomic E-state index is 4.61. The second-order valence-corrected chi connectivity index (χ2v) is 7.43. The quantitative estimate of drug-likeness (QED) is 0.437. The highest BCUT2D eigenvalue weighted by atomic mass is 15.2. The van der Waals surface area contributed by atoms with Gasteiger partial charge in [0.1, 0.15) is 5.69 Å². The summed E-state index contributed by atoms with van der Waals surface area (Å²) in [7, 11) is 1.93. The molecule has 0 aliphatic rings. The number of hydrogen-bond donors (Lipinski definition) is 2. The van der Waals surface area contributed by atoms with Crippen LogP contribution in [0.3, 0.4) is 0 Å². The van der Waals surface area contributed by atoms with Gasteiger partial charge in [-0.3, -0.25) is 14.8 Å². The van der Waals surface area contributed by atoms with Gasteiger partial charge in [0.05, 0.1) is 17.4 Å². The van der Waals surface area contributed by atoms with Gasteiger partial charge in [-0.05, 0) is 41.5 Å². The monoisotopic (exact) mass is 390 g/mol. The molecule has 0 bridgehead atoms. The molecule has 0 fully saturated rings. The minimum Gasteiger partial charge on any atom is -0.353 e. The van der Waals surface area contributed by atoms with Crippen molar-refractivity contribution in [2.24, 2.45) is 7.05 Å². The molecule has 0 radical (unpaired) electrons. The van der Waals surface area contributed by atoms with Gasteiger partial charge in [-0.1, -0.05) is 24.3 Å². The van der Waals surface area contributed by atoms with Crippen molar-refractivity contribution in [3.05, 3.63) is 79.4 Å². The Hall–Kier alpha value is -4.19. The fraction of sp³-hybridized carbons (Fsp3) is 0.0417. The summed E-state index contributed by atoms with van der Waals surface area (Å²) >= 11 is 0. The highest BCUT2D eigenvalue weighted by Gasteiger charge is 2.14. The van der Waals surface area contributed by atoms with Crippen molar-refractivity contribution in [1.82, 2.24) is 29.9 Å². The average molecular weight is 390 g/mol. The van der Waals surface area contributed by atoms with Gasteiger partial charge in [0.2, 0.25) is 0 Å². The molecule has 0 aliphatic heterocycles. The van der Waals surface area contributed by atoms with E-state index in [9.17, 15) is 0 Å². The third kappa shape index (κ3) is 2.62. The lowest BCUT2D eigenvalue weighted by atomic mass is 10.0. The third-order valence-corrected chi connectivity index (χ3v) is 5.49. The molecule has 30 heavy (non-hydrogen) atoms. The Morgan fingerprint density at radius 1 is 0.833 bits per heavy atom. The van der Waals surface area contributed by atoms with Gasteiger partial charge in [-0.25, -0.2) is 0 Å². The van der Waals surface area contributed by atoms with E-state index in [1.807, 2.05) is 36.4 Å². The number of aryl methyl sites for hydroxylation is 1. The Kier molecular flexibility index (Phi) is 3.58. The summed E-state index contributed by atoms with van der Waals surface area (Å²) < 4.78 is 1.81. The predicted octanol–water partition coefficient (Wildman–Crippen LogP) is 5.17. The normalized spacial score (nSPS) is 11.5. The topological polar surface area (TPSA) is 75.2 Å². The van der Waals surface area contributed by atoms with Crippen LogP contribution in [0.25, 0.3) is 55.4 Å². The molecular weight excluding hydrogens is 372 g/mol. The van der Waals surface area contributed by atoms with Gasteiger partial charge in [0.15, 0.2) is 0 Å². The number of hydrogen-bond acceptors (Lipinski definition) is 3. The van der Waals surface area contributed by atoms with Gasteiger partial charge in [0, 0.05) is 53.1 Å². The van der Waals surface area contributed by atoms with Crippen LogP contribution in [-0.2, 0) is 7.05 Å². The largest absolute Gasteiger partial charge is 0.353 e. The third-order valence-electron chi connectivity index (χ3n) is 5.49. The van der Waals surface area contributed by atoms with E-state index < -0.39 is 0 Å². The minimum atomic E-state index is 0.907. The number of fused-ring (bicyclic) bond motifs is 2. The van der Waals surface area contributed by atoms with E-state index in [2.05, 4.69) is 73.8 Å². The first-order chi connectivity index (χ1) is 14.8. The Balaban J connectivity index is 1.52. The number of nitrogens with zero attached hydrogens (tertiary/aromatic N) is 4. The lowest BCUT2D eigenvalue weighted by Crippen LogP contribution is -1.84. The molecule has 2 N–H and O–H groups in total. The van der Waals surface area contributed by atoms with Gasteiger partial charge < -0.3 is 4.98 Å². The fourth-order valence-electron chi connectivity index (χ4n) is 4.03. The van der Waals surface area contributed by atoms with Crippen LogP contribution in [0.15, 0.2) is 79.4 Å². The van der Waals surface area contributed by atoms with Crippen molar-refractivity contribution in [3.8, 4) is 33.6 Å². The Bertz CT molecular complexity index is 1500. The predicted molar refractivity (Wildman–Crippen MR) is 119 cm³/mol. The molecule has 0 aliphatic carbocycles. The molecule has 6 nitrogen and oxygen atoms in total. The smallest absolute Gasteiger partial charge is 0.116 e. The summed E-state index contributed by atoms with van der Waals surface area (Å²) in [6.07, 6.45) is 7.58. The minimum absolute atomic E-state index is 0.907. The van der Waals surface area contributed by atoms with E-state index in [0.717, 1.165) is 55.4 Å². The van der Waals surface area contributed by atoms with Crippen molar-refractivity contribution in [2.45, 2.75) is 0 Å². The second-order valence-electron chi connectivity index (χ2n) is 7.43. The molecule has 0 saturated carbocycles. The second kappa shape index (κ2) is 6.42. The van der Waals surface area contributed by atoms with Crippen LogP contribution < -0.4 is 0 Å². The lowest BCUT2D eigenvalue weighted by Gasteiger charge is -2.02. The molecule has 0 unspecified atom stereocenters. The standard InChI is InChI=1S/C24H18N6/c1-30-14-17(13-26-30)15-7-8-22-20(10-15)24(29-28-22)23-11-19-18(5-2-6-21(19)27-23)16-4-3-9-25-12-16/h2-14,27H,1H3,(H,28,29). The first kappa shape index (κ1) is 16.7. The van der Waals surface area contributed by atoms with Gasteiger partial charge in [-0.2, -0.15) is 10.2 Å². The molecule has 144 valence electrons. The average Bonchev–Trinajstić information content (AvgIpc) is 3.50. The first-order valence-electron chi connectivity index (χ1n) is 9.76. The van der Waals surface area contributed by atoms with E-state index in [4.69, 9.17) is 0 Å². The summed E-state index contributed by atoms with van der Waals surface area (Å²) in [5.74, 6) is 0. The molecule has 0 saturated heterocycles. The highest BCUT2D eigenvalue weighted by molar-refractivity contribution is 6.01. The van der Waals surface area contributed by atoms with Crippen molar-refractivity contribution in [2.75, 3.05) is 0 Å². The van der Waals surface area contributed by atoms with Crippen LogP contribution in [0.2, 0.25) is 0 Å². The maximum atomic E-state index is 4.61. The zero-order valence-electron chi connectivity index (χ0n) is 16.3. The van der Waals surface area contributed by atoms with Crippen LogP contribution in [0.4, 0.5) is 0 Å². The molecule has 6 aromatic rings. The van der Waals surface area contributed by atoms with Crippen molar-refractivity contribution in [3.63, 3.8) is 0 Å². The van der Waals surface area contributed by atoms with Crippen LogP contribution in [0.1, 0.15) is 0 Å². The van der Waals surface area contributed by atoms with Crippen LogP contribution in [0.5, 0.6) is 0 Å². The van der Waals surface area contributed by atoms with Crippen LogP contribution in [0, 0.1) is 0 Å². The Labute approximate surface area is 172 Å². The summed E-state index contributed by atoms with van der Waals surface area (Å²) in [5, 5.41) is 14.3. The van der Waals surface area contributed by atoms with Gasteiger partial charge in [0.25, 0.3) is 0 Å². The molecule has 0 spiro atoms. The van der Waals surface area contributed by atoms with Crippen molar-refractivity contribution >= 4 is 21.8 Å². The van der Waals surface area contributed by atoms with Gasteiger partial charge >= 0.3 is 0 Å². The molecule has 2 aromatic carbocycles. The molecule has 4 aromatic heterocycles. The summed E-state index contributed by atoms with van der Waals surface area (Å²) in [6, 6.07) is 18.8. The zero-order chi connectivity index (χ0) is 20.1. The summed E-state index contributed by atoms with van der Waals surface area (Å²) in [6.45, 7) is 0. The van der Waals surface area contributed by atoms with E-state index in [-0.39, 0.29) is 0 Å². The number of aromatic amines is 2. The maximum Gasteiger partial charge on any atom is 0.116 e. The van der Waals surface area contributed by atoms with E-state index in [1.165, 1.54) is 0 Å². The zero-order valence-corrected chi connectivity index (χ0v) is 16.3. The highest BCUT2D eigenvalue weighted by Crippen LogP contribution is 2.35. The molecule has 0 amide bonds. The lowest BCUT2D eigenvalue weighted by molar-refractivity contribution is 0.768. The Morgan fingerprint density at radius 3 is 2.63 bits per heavy atom. The summed E-state index contributed by atoms with van der Waals surface area (Å²) in [4.78, 5) is 7.82. The van der Waals surface area contributed by atoms with Crippen molar-refractivity contribution in [1.29, 1.82) is 0 Å². The SMILES string of the molecule is Cn1cc(-c2ccc3[nH]nc(-c4cc5c(-c6cccnc6)cccc5[nH]4)c3c2)cn1. The van der Waals surface area contributed by atoms with E-state index >= 15 is 0 Å². The molecule has 0 atom stereocenters. The Morgan fingerprint density at radius 2 is 1.80 bits per heavy atom. The number of rotatable bonds is 3. The van der Waals surface area contributed by atoms with Crippen LogP contribution >= 0.6 is 0 Å². The van der Waals surface area contributed by atoms with Gasteiger partial charge in [-0.15, -0.1) is 0 Å². The number of H-pyrrole nitrogens is 2. The molecular formula is C24H18N6. The summed E-state index contributed by atoms with van der Waals surface area (Å²) in [5.41, 5.74) is 8.42. The molecule has 4 heterocycles. The number of pyridine rings is 1. The molecule has 6 heteroatoms.